The van der Waals surface area contributed by atoms with Crippen molar-refractivity contribution >= 4 is 21.6 Å². The number of sulfonamides is 1. The van der Waals surface area contributed by atoms with Gasteiger partial charge in [0.2, 0.25) is 10.0 Å². The van der Waals surface area contributed by atoms with Crippen LogP contribution in [0.4, 0.5) is 0 Å². The lowest BCUT2D eigenvalue weighted by molar-refractivity contribution is 0.152. The third-order valence-electron chi connectivity index (χ3n) is 3.93. The zero-order valence-electron chi connectivity index (χ0n) is 12.1. The number of nitrogens with zero attached hydrogens (tertiary/aromatic N) is 2. The van der Waals surface area contributed by atoms with Crippen molar-refractivity contribution in [1.82, 2.24) is 9.21 Å². The van der Waals surface area contributed by atoms with Crippen molar-refractivity contribution in [2.75, 3.05) is 37.8 Å². The highest BCUT2D eigenvalue weighted by molar-refractivity contribution is 7.89. The molecule has 1 fully saturated rings. The molecular formula is C13H27ClN2O2S. The monoisotopic (exact) mass is 310 g/mol. The zero-order chi connectivity index (χ0) is 14.3. The molecule has 1 heterocycles. The molecule has 0 saturated carbocycles. The summed E-state index contributed by atoms with van der Waals surface area (Å²) in [5.74, 6) is 0.787. The maximum absolute atomic E-state index is 12.1. The number of rotatable bonds is 8. The molecule has 1 rings (SSSR count). The smallest absolute Gasteiger partial charge is 0.214 e. The van der Waals surface area contributed by atoms with Crippen LogP contribution in [-0.4, -0.2) is 61.5 Å². The van der Waals surface area contributed by atoms with Gasteiger partial charge in [0, 0.05) is 25.0 Å². The summed E-state index contributed by atoms with van der Waals surface area (Å²) in [5, 5.41) is 0. The second kappa shape index (κ2) is 8.45. The summed E-state index contributed by atoms with van der Waals surface area (Å²) in [6.07, 6.45) is 3.35. The Morgan fingerprint density at radius 3 is 2.21 bits per heavy atom. The van der Waals surface area contributed by atoms with Crippen LogP contribution in [0.2, 0.25) is 0 Å². The first-order valence-electron chi connectivity index (χ1n) is 7.33. The fourth-order valence-corrected chi connectivity index (χ4v) is 4.52. The fraction of sp³-hybridized carbons (Fsp3) is 1.00. The second-order valence-corrected chi connectivity index (χ2v) is 7.53. The Balaban J connectivity index is 2.44. The summed E-state index contributed by atoms with van der Waals surface area (Å²) in [7, 11) is -3.06. The normalized spacial score (nSPS) is 19.2. The fourth-order valence-electron chi connectivity index (χ4n) is 2.73. The van der Waals surface area contributed by atoms with Crippen LogP contribution in [0.1, 0.15) is 39.5 Å². The highest BCUT2D eigenvalue weighted by Crippen LogP contribution is 2.19. The lowest BCUT2D eigenvalue weighted by Crippen LogP contribution is -2.47. The molecular weight excluding hydrogens is 284 g/mol. The quantitative estimate of drug-likeness (QED) is 0.509. The van der Waals surface area contributed by atoms with Crippen molar-refractivity contribution in [2.24, 2.45) is 0 Å². The van der Waals surface area contributed by atoms with E-state index in [1.165, 1.54) is 0 Å². The third-order valence-corrected chi connectivity index (χ3v) is 6.16. The molecule has 0 aliphatic carbocycles. The van der Waals surface area contributed by atoms with Crippen LogP contribution >= 0.6 is 11.6 Å². The molecule has 0 aromatic rings. The topological polar surface area (TPSA) is 40.6 Å². The Labute approximate surface area is 123 Å². The molecule has 0 bridgehead atoms. The largest absolute Gasteiger partial charge is 0.301 e. The highest BCUT2D eigenvalue weighted by Gasteiger charge is 2.29. The molecule has 0 aromatic carbocycles. The number of halogens is 1. The SMILES string of the molecule is CCN(CC)C1CCN(S(=O)(=O)CCCCCl)CC1. The first kappa shape index (κ1) is 17.2. The number of unbranched alkanes of at least 4 members (excludes halogenated alkanes) is 1. The van der Waals surface area contributed by atoms with E-state index in [2.05, 4.69) is 18.7 Å². The molecule has 0 atom stereocenters. The molecule has 1 saturated heterocycles. The van der Waals surface area contributed by atoms with E-state index in [1.807, 2.05) is 0 Å². The Bertz CT molecular complexity index is 337. The van der Waals surface area contributed by atoms with E-state index >= 15 is 0 Å². The van der Waals surface area contributed by atoms with Crippen molar-refractivity contribution in [1.29, 1.82) is 0 Å². The maximum atomic E-state index is 12.1. The Morgan fingerprint density at radius 1 is 1.16 bits per heavy atom. The standard InChI is InChI=1S/C13H27ClN2O2S/c1-3-15(4-2)13-7-10-16(11-8-13)19(17,18)12-6-5-9-14/h13H,3-12H2,1-2H3. The minimum absolute atomic E-state index is 0.246. The summed E-state index contributed by atoms with van der Waals surface area (Å²) in [6, 6.07) is 0.546. The number of hydrogen-bond acceptors (Lipinski definition) is 3. The van der Waals surface area contributed by atoms with Crippen LogP contribution in [0.5, 0.6) is 0 Å². The molecule has 114 valence electrons. The molecule has 19 heavy (non-hydrogen) atoms. The van der Waals surface area contributed by atoms with Gasteiger partial charge in [-0.05, 0) is 38.8 Å². The van der Waals surface area contributed by atoms with E-state index in [9.17, 15) is 8.42 Å². The Hall–Kier alpha value is 0.160. The van der Waals surface area contributed by atoms with Gasteiger partial charge in [0.05, 0.1) is 5.75 Å². The molecule has 0 spiro atoms. The predicted molar refractivity (Wildman–Crippen MR) is 81.3 cm³/mol. The van der Waals surface area contributed by atoms with Gasteiger partial charge in [-0.3, -0.25) is 0 Å². The van der Waals surface area contributed by atoms with Gasteiger partial charge >= 0.3 is 0 Å². The second-order valence-electron chi connectivity index (χ2n) is 5.06. The lowest BCUT2D eigenvalue weighted by atomic mass is 10.1. The van der Waals surface area contributed by atoms with Gasteiger partial charge in [-0.1, -0.05) is 13.8 Å². The van der Waals surface area contributed by atoms with Gasteiger partial charge in [-0.25, -0.2) is 12.7 Å². The van der Waals surface area contributed by atoms with Crippen molar-refractivity contribution in [2.45, 2.75) is 45.6 Å². The first-order valence-corrected chi connectivity index (χ1v) is 9.47. The van der Waals surface area contributed by atoms with Crippen molar-refractivity contribution < 1.29 is 8.42 Å². The molecule has 0 aromatic heterocycles. The summed E-state index contributed by atoms with van der Waals surface area (Å²) < 4.78 is 26.0. The van der Waals surface area contributed by atoms with Crippen LogP contribution in [0.15, 0.2) is 0 Å². The third kappa shape index (κ3) is 5.21. The van der Waals surface area contributed by atoms with E-state index < -0.39 is 10.0 Å². The van der Waals surface area contributed by atoms with Crippen LogP contribution < -0.4 is 0 Å². The Morgan fingerprint density at radius 2 is 1.74 bits per heavy atom. The molecule has 0 radical (unpaired) electrons. The number of piperidine rings is 1. The van der Waals surface area contributed by atoms with Gasteiger partial charge in [0.15, 0.2) is 0 Å². The summed E-state index contributed by atoms with van der Waals surface area (Å²) in [4.78, 5) is 2.43. The summed E-state index contributed by atoms with van der Waals surface area (Å²) in [5.41, 5.74) is 0. The first-order chi connectivity index (χ1) is 9.05. The van der Waals surface area contributed by atoms with Gasteiger partial charge in [0.1, 0.15) is 0 Å². The predicted octanol–water partition coefficient (Wildman–Crippen LogP) is 2.14. The molecule has 0 N–H and O–H groups in total. The zero-order valence-corrected chi connectivity index (χ0v) is 13.7. The van der Waals surface area contributed by atoms with E-state index in [0.29, 0.717) is 31.4 Å². The van der Waals surface area contributed by atoms with Crippen LogP contribution in [0.25, 0.3) is 0 Å². The molecule has 0 unspecified atom stereocenters. The minimum atomic E-state index is -3.06. The van der Waals surface area contributed by atoms with Crippen molar-refractivity contribution in [3.63, 3.8) is 0 Å². The van der Waals surface area contributed by atoms with Gasteiger partial charge in [0.25, 0.3) is 0 Å². The van der Waals surface area contributed by atoms with Gasteiger partial charge < -0.3 is 4.90 Å². The van der Waals surface area contributed by atoms with E-state index in [4.69, 9.17) is 11.6 Å². The average molecular weight is 311 g/mol. The summed E-state index contributed by atoms with van der Waals surface area (Å²) in [6.45, 7) is 7.76. The van der Waals surface area contributed by atoms with Crippen LogP contribution in [0, 0.1) is 0 Å². The van der Waals surface area contributed by atoms with Crippen LogP contribution in [-0.2, 0) is 10.0 Å². The summed E-state index contributed by atoms with van der Waals surface area (Å²) >= 11 is 5.59. The van der Waals surface area contributed by atoms with Crippen LogP contribution in [0.3, 0.4) is 0 Å². The molecule has 6 heteroatoms. The van der Waals surface area contributed by atoms with E-state index in [-0.39, 0.29) is 5.75 Å². The number of hydrogen-bond donors (Lipinski definition) is 0. The van der Waals surface area contributed by atoms with E-state index in [1.54, 1.807) is 4.31 Å². The number of alkyl halides is 1. The molecule has 1 aliphatic heterocycles. The minimum Gasteiger partial charge on any atom is -0.301 e. The molecule has 1 aliphatic rings. The Kier molecular flexibility index (Phi) is 7.65. The molecule has 4 nitrogen and oxygen atoms in total. The average Bonchev–Trinajstić information content (AvgIpc) is 2.41. The van der Waals surface area contributed by atoms with Gasteiger partial charge in [-0.15, -0.1) is 11.6 Å². The lowest BCUT2D eigenvalue weighted by Gasteiger charge is -2.37. The maximum Gasteiger partial charge on any atom is 0.214 e. The van der Waals surface area contributed by atoms with Crippen molar-refractivity contribution in [3.8, 4) is 0 Å². The van der Waals surface area contributed by atoms with E-state index in [0.717, 1.165) is 32.4 Å². The highest BCUT2D eigenvalue weighted by atomic mass is 35.5. The van der Waals surface area contributed by atoms with Gasteiger partial charge in [-0.2, -0.15) is 0 Å². The molecule has 0 amide bonds. The van der Waals surface area contributed by atoms with Crippen molar-refractivity contribution in [3.05, 3.63) is 0 Å².